The molecule has 1 aliphatic rings. The number of hydrogen-bond donors (Lipinski definition) is 0. The molecule has 1 aliphatic heterocycles. The minimum atomic E-state index is -4.50. The second-order valence-corrected chi connectivity index (χ2v) is 5.92. The number of ether oxygens (including phenoxy) is 1. The molecule has 0 aliphatic carbocycles. The summed E-state index contributed by atoms with van der Waals surface area (Å²) in [5, 5.41) is 8.70. The Hall–Kier alpha value is -1.63. The molecule has 1 atom stereocenters. The molecule has 20 heavy (non-hydrogen) atoms. The molecule has 0 amide bonds. The lowest BCUT2D eigenvalue weighted by atomic mass is 10.3. The van der Waals surface area contributed by atoms with Crippen LogP contribution in [0.4, 0.5) is 13.2 Å². The molecule has 0 radical (unpaired) electrons. The molecule has 1 aromatic rings. The molecule has 0 spiro atoms. The average Bonchev–Trinajstić information content (AvgIpc) is 2.37. The second-order valence-electron chi connectivity index (χ2n) is 4.05. The van der Waals surface area contributed by atoms with E-state index in [4.69, 9.17) is 10.00 Å². The number of nitrogens with zero attached hydrogens (tertiary/aromatic N) is 2. The van der Waals surface area contributed by atoms with Crippen molar-refractivity contribution < 1.29 is 26.3 Å². The molecule has 0 bridgehead atoms. The standard InChI is InChI=1S/C11H9F3N2O3S/c12-7-3-9(13)11(10(14)4-7)20(17,18)16-1-2-19-8(5-15)6-16/h3-4,8H,1-2,6H2. The highest BCUT2D eigenvalue weighted by Crippen LogP contribution is 2.25. The summed E-state index contributed by atoms with van der Waals surface area (Å²) >= 11 is 0. The predicted octanol–water partition coefficient (Wildman–Crippen LogP) is 1.02. The number of benzene rings is 1. The Morgan fingerprint density at radius 3 is 2.45 bits per heavy atom. The van der Waals surface area contributed by atoms with Crippen LogP contribution >= 0.6 is 0 Å². The molecule has 5 nitrogen and oxygen atoms in total. The molecule has 9 heteroatoms. The van der Waals surface area contributed by atoms with E-state index in [0.717, 1.165) is 4.31 Å². The van der Waals surface area contributed by atoms with E-state index in [1.165, 1.54) is 0 Å². The van der Waals surface area contributed by atoms with Gasteiger partial charge in [0.2, 0.25) is 10.0 Å². The van der Waals surface area contributed by atoms with Crippen LogP contribution in [-0.2, 0) is 14.8 Å². The van der Waals surface area contributed by atoms with Gasteiger partial charge in [0, 0.05) is 18.7 Å². The lowest BCUT2D eigenvalue weighted by molar-refractivity contribution is 0.0310. The highest BCUT2D eigenvalue weighted by molar-refractivity contribution is 7.89. The molecule has 2 rings (SSSR count). The Morgan fingerprint density at radius 2 is 1.90 bits per heavy atom. The van der Waals surface area contributed by atoms with Gasteiger partial charge in [-0.05, 0) is 0 Å². The third-order valence-corrected chi connectivity index (χ3v) is 4.65. The zero-order valence-electron chi connectivity index (χ0n) is 10.0. The highest BCUT2D eigenvalue weighted by Gasteiger charge is 2.35. The van der Waals surface area contributed by atoms with Gasteiger partial charge in [-0.15, -0.1) is 0 Å². The lowest BCUT2D eigenvalue weighted by Gasteiger charge is -2.29. The van der Waals surface area contributed by atoms with E-state index in [0.29, 0.717) is 0 Å². The quantitative estimate of drug-likeness (QED) is 0.818. The Balaban J connectivity index is 2.43. The Kier molecular flexibility index (Phi) is 3.99. The van der Waals surface area contributed by atoms with E-state index >= 15 is 0 Å². The summed E-state index contributed by atoms with van der Waals surface area (Å²) in [6, 6.07) is 2.30. The summed E-state index contributed by atoms with van der Waals surface area (Å²) in [5.41, 5.74) is 0. The van der Waals surface area contributed by atoms with Gasteiger partial charge in [-0.2, -0.15) is 9.57 Å². The number of morpholine rings is 1. The summed E-state index contributed by atoms with van der Waals surface area (Å²) in [6.45, 7) is -0.548. The predicted molar refractivity (Wildman–Crippen MR) is 60.4 cm³/mol. The summed E-state index contributed by atoms with van der Waals surface area (Å²) in [4.78, 5) is -1.22. The van der Waals surface area contributed by atoms with Crippen LogP contribution in [0.3, 0.4) is 0 Å². The lowest BCUT2D eigenvalue weighted by Crippen LogP contribution is -2.45. The van der Waals surface area contributed by atoms with Crippen LogP contribution in [0.1, 0.15) is 0 Å². The van der Waals surface area contributed by atoms with Crippen molar-refractivity contribution in [1.29, 1.82) is 5.26 Å². The van der Waals surface area contributed by atoms with Crippen molar-refractivity contribution in [1.82, 2.24) is 4.31 Å². The molecule has 1 saturated heterocycles. The number of halogens is 3. The summed E-state index contributed by atoms with van der Waals surface area (Å²) in [7, 11) is -4.50. The van der Waals surface area contributed by atoms with Crippen LogP contribution in [0.25, 0.3) is 0 Å². The van der Waals surface area contributed by atoms with Gasteiger partial charge in [0.15, 0.2) is 11.0 Å². The topological polar surface area (TPSA) is 70.4 Å². The number of hydrogen-bond acceptors (Lipinski definition) is 4. The van der Waals surface area contributed by atoms with E-state index in [2.05, 4.69) is 0 Å². The van der Waals surface area contributed by atoms with Gasteiger partial charge in [-0.25, -0.2) is 21.6 Å². The Labute approximate surface area is 113 Å². The largest absolute Gasteiger partial charge is 0.361 e. The van der Waals surface area contributed by atoms with Crippen molar-refractivity contribution in [3.05, 3.63) is 29.6 Å². The molecule has 1 heterocycles. The molecule has 0 saturated carbocycles. The highest BCUT2D eigenvalue weighted by atomic mass is 32.2. The summed E-state index contributed by atoms with van der Waals surface area (Å²) in [5.74, 6) is -4.24. The van der Waals surface area contributed by atoms with Crippen LogP contribution in [0.5, 0.6) is 0 Å². The number of rotatable bonds is 2. The SMILES string of the molecule is N#CC1CN(S(=O)(=O)c2c(F)cc(F)cc2F)CCO1. The van der Waals surface area contributed by atoms with E-state index in [9.17, 15) is 21.6 Å². The van der Waals surface area contributed by atoms with Crippen molar-refractivity contribution in [2.75, 3.05) is 19.7 Å². The maximum Gasteiger partial charge on any atom is 0.249 e. The van der Waals surface area contributed by atoms with Gasteiger partial charge >= 0.3 is 0 Å². The van der Waals surface area contributed by atoms with Crippen LogP contribution in [0.15, 0.2) is 17.0 Å². The minimum Gasteiger partial charge on any atom is -0.361 e. The first-order chi connectivity index (χ1) is 9.36. The minimum absolute atomic E-state index is 0.0676. The van der Waals surface area contributed by atoms with E-state index < -0.39 is 38.5 Å². The second kappa shape index (κ2) is 5.40. The first-order valence-electron chi connectivity index (χ1n) is 5.52. The first-order valence-corrected chi connectivity index (χ1v) is 6.96. The zero-order valence-corrected chi connectivity index (χ0v) is 10.8. The molecular weight excluding hydrogens is 297 g/mol. The van der Waals surface area contributed by atoms with E-state index in [1.807, 2.05) is 0 Å². The summed E-state index contributed by atoms with van der Waals surface area (Å²) in [6.07, 6.45) is -1.01. The van der Waals surface area contributed by atoms with Gasteiger partial charge in [0.05, 0.1) is 19.2 Å². The van der Waals surface area contributed by atoms with E-state index in [-0.39, 0.29) is 31.8 Å². The number of sulfonamides is 1. The smallest absolute Gasteiger partial charge is 0.249 e. The third kappa shape index (κ3) is 2.63. The van der Waals surface area contributed by atoms with Crippen LogP contribution < -0.4 is 0 Å². The Morgan fingerprint density at radius 1 is 1.30 bits per heavy atom. The van der Waals surface area contributed by atoms with Gasteiger partial charge in [-0.3, -0.25) is 0 Å². The van der Waals surface area contributed by atoms with Crippen molar-refractivity contribution in [3.63, 3.8) is 0 Å². The average molecular weight is 306 g/mol. The van der Waals surface area contributed by atoms with Crippen LogP contribution in [0.2, 0.25) is 0 Å². The van der Waals surface area contributed by atoms with E-state index in [1.54, 1.807) is 6.07 Å². The van der Waals surface area contributed by atoms with Crippen molar-refractivity contribution in [3.8, 4) is 6.07 Å². The van der Waals surface area contributed by atoms with Crippen molar-refractivity contribution in [2.24, 2.45) is 0 Å². The number of nitriles is 1. The molecule has 108 valence electrons. The molecule has 1 unspecified atom stereocenters. The fourth-order valence-corrected chi connectivity index (χ4v) is 3.34. The molecular formula is C11H9F3N2O3S. The maximum atomic E-state index is 13.6. The molecule has 1 fully saturated rings. The van der Waals surface area contributed by atoms with Gasteiger partial charge in [0.1, 0.15) is 17.5 Å². The molecule has 0 N–H and O–H groups in total. The maximum absolute atomic E-state index is 13.6. The monoisotopic (exact) mass is 306 g/mol. The molecule has 1 aromatic carbocycles. The van der Waals surface area contributed by atoms with Gasteiger partial charge in [-0.1, -0.05) is 0 Å². The van der Waals surface area contributed by atoms with Gasteiger partial charge < -0.3 is 4.74 Å². The fourth-order valence-electron chi connectivity index (χ4n) is 1.83. The zero-order chi connectivity index (χ0) is 14.9. The fraction of sp³-hybridized carbons (Fsp3) is 0.364. The third-order valence-electron chi connectivity index (χ3n) is 2.73. The van der Waals surface area contributed by atoms with Crippen molar-refractivity contribution >= 4 is 10.0 Å². The molecule has 0 aromatic heterocycles. The van der Waals surface area contributed by atoms with Gasteiger partial charge in [0.25, 0.3) is 0 Å². The van der Waals surface area contributed by atoms with Crippen LogP contribution in [0, 0.1) is 28.8 Å². The van der Waals surface area contributed by atoms with Crippen molar-refractivity contribution in [2.45, 2.75) is 11.0 Å². The normalized spacial score (nSPS) is 20.6. The summed E-state index contributed by atoms with van der Waals surface area (Å²) < 4.78 is 69.9. The Bertz CT molecular complexity index is 649. The van der Waals surface area contributed by atoms with Crippen LogP contribution in [-0.4, -0.2) is 38.5 Å². The first kappa shape index (κ1) is 14.8.